The van der Waals surface area contributed by atoms with Crippen molar-refractivity contribution in [1.29, 1.82) is 0 Å². The summed E-state index contributed by atoms with van der Waals surface area (Å²) in [6.07, 6.45) is 7.22. The molecule has 0 atom stereocenters. The van der Waals surface area contributed by atoms with E-state index in [0.29, 0.717) is 43.0 Å². The van der Waals surface area contributed by atoms with E-state index in [1.807, 2.05) is 66.8 Å². The third-order valence-corrected chi connectivity index (χ3v) is 8.76. The van der Waals surface area contributed by atoms with Crippen LogP contribution in [0.1, 0.15) is 11.1 Å². The van der Waals surface area contributed by atoms with E-state index in [-0.39, 0.29) is 6.42 Å². The molecule has 0 saturated heterocycles. The van der Waals surface area contributed by atoms with Crippen LogP contribution in [-0.2, 0) is 6.42 Å². The minimum absolute atomic E-state index is 0.0131. The fourth-order valence-electron chi connectivity index (χ4n) is 4.17. The van der Waals surface area contributed by atoms with Gasteiger partial charge >= 0.3 is 11.3 Å². The number of thioether (sulfide) groups is 1. The maximum absolute atomic E-state index is 13.5. The molecule has 0 aliphatic heterocycles. The van der Waals surface area contributed by atoms with Crippen molar-refractivity contribution in [2.45, 2.75) is 21.1 Å². The standard InChI is InChI=1S/C32H22Cl2O4S2/c1-2-8-21(9-7-18-33)39-29-23-10-3-5-12-27(23)37-31(35)25(29)19-26-30(40-22-16-14-20(34)15-17-22)24-11-4-6-13-28(24)38-32(26)36/h2-17H,1,18-19H2/b9-7-,21-8+. The molecule has 0 fully saturated rings. The zero-order valence-corrected chi connectivity index (χ0v) is 24.2. The number of para-hydroxylation sites is 2. The third kappa shape index (κ3) is 6.16. The summed E-state index contributed by atoms with van der Waals surface area (Å²) in [6, 6.07) is 22.1. The van der Waals surface area contributed by atoms with E-state index in [4.69, 9.17) is 32.0 Å². The Morgan fingerprint density at radius 1 is 0.825 bits per heavy atom. The molecular formula is C32H22Cl2O4S2. The lowest BCUT2D eigenvalue weighted by atomic mass is 10.0. The minimum atomic E-state index is -0.518. The molecule has 2 aromatic heterocycles. The molecule has 0 amide bonds. The first-order valence-electron chi connectivity index (χ1n) is 12.2. The first kappa shape index (κ1) is 28.1. The summed E-state index contributed by atoms with van der Waals surface area (Å²) in [5.41, 5.74) is 0.625. The number of benzene rings is 3. The van der Waals surface area contributed by atoms with Gasteiger partial charge in [0, 0.05) is 47.7 Å². The molecule has 40 heavy (non-hydrogen) atoms. The molecule has 0 spiro atoms. The fraction of sp³-hybridized carbons (Fsp3) is 0.0625. The Bertz CT molecular complexity index is 1890. The lowest BCUT2D eigenvalue weighted by Crippen LogP contribution is -2.16. The highest BCUT2D eigenvalue weighted by atomic mass is 35.5. The van der Waals surface area contributed by atoms with Crippen molar-refractivity contribution in [1.82, 2.24) is 0 Å². The van der Waals surface area contributed by atoms with Gasteiger partial charge in [-0.15, -0.1) is 11.6 Å². The largest absolute Gasteiger partial charge is 0.422 e. The third-order valence-electron chi connectivity index (χ3n) is 5.97. The monoisotopic (exact) mass is 604 g/mol. The van der Waals surface area contributed by atoms with Crippen molar-refractivity contribution in [2.24, 2.45) is 0 Å². The first-order valence-corrected chi connectivity index (χ1v) is 14.8. The number of fused-ring (bicyclic) bond motifs is 2. The maximum Gasteiger partial charge on any atom is 0.340 e. The molecule has 0 aliphatic carbocycles. The Morgan fingerprint density at radius 2 is 1.40 bits per heavy atom. The number of hydrogen-bond acceptors (Lipinski definition) is 6. The quantitative estimate of drug-likeness (QED) is 0.0723. The van der Waals surface area contributed by atoms with Crippen molar-refractivity contribution >= 4 is 68.7 Å². The summed E-state index contributed by atoms with van der Waals surface area (Å²) < 4.78 is 11.4. The van der Waals surface area contributed by atoms with Gasteiger partial charge in [-0.25, -0.2) is 9.59 Å². The van der Waals surface area contributed by atoms with Crippen LogP contribution in [0, 0.1) is 0 Å². The Morgan fingerprint density at radius 3 is 2.00 bits per heavy atom. The SMILES string of the molecule is C=C/C=C(\C=C/CCl)Sc1c(Cc2c(Sc3ccc(Cl)cc3)c3ccccc3oc2=O)c(=O)oc2ccccc12. The molecule has 0 N–H and O–H groups in total. The summed E-state index contributed by atoms with van der Waals surface area (Å²) in [5, 5.41) is 2.14. The van der Waals surface area contributed by atoms with Crippen LogP contribution in [-0.4, -0.2) is 5.88 Å². The van der Waals surface area contributed by atoms with Crippen LogP contribution in [0.25, 0.3) is 21.9 Å². The van der Waals surface area contributed by atoms with Gasteiger partial charge in [0.05, 0.1) is 11.1 Å². The lowest BCUT2D eigenvalue weighted by Gasteiger charge is -2.14. The average Bonchev–Trinajstić information content (AvgIpc) is 2.96. The highest BCUT2D eigenvalue weighted by Gasteiger charge is 2.22. The van der Waals surface area contributed by atoms with Crippen molar-refractivity contribution in [3.8, 4) is 0 Å². The number of allylic oxidation sites excluding steroid dienone is 4. The van der Waals surface area contributed by atoms with Gasteiger partial charge in [-0.05, 0) is 42.5 Å². The smallest absolute Gasteiger partial charge is 0.340 e. The Balaban J connectivity index is 1.72. The second kappa shape index (κ2) is 12.8. The molecule has 200 valence electrons. The van der Waals surface area contributed by atoms with Gasteiger partial charge in [0.15, 0.2) is 0 Å². The second-order valence-corrected chi connectivity index (χ2v) is 11.5. The topological polar surface area (TPSA) is 60.4 Å². The van der Waals surface area contributed by atoms with Crippen LogP contribution >= 0.6 is 46.7 Å². The number of halogens is 2. The molecule has 5 rings (SSSR count). The molecule has 5 aromatic rings. The van der Waals surface area contributed by atoms with E-state index < -0.39 is 11.3 Å². The minimum Gasteiger partial charge on any atom is -0.422 e. The van der Waals surface area contributed by atoms with Crippen molar-refractivity contribution in [3.05, 3.63) is 146 Å². The first-order chi connectivity index (χ1) is 19.5. The van der Waals surface area contributed by atoms with E-state index in [1.165, 1.54) is 23.5 Å². The van der Waals surface area contributed by atoms with E-state index in [9.17, 15) is 9.59 Å². The maximum atomic E-state index is 13.5. The van der Waals surface area contributed by atoms with Crippen LogP contribution in [0.15, 0.2) is 142 Å². The van der Waals surface area contributed by atoms with Gasteiger partial charge in [-0.1, -0.05) is 96.3 Å². The van der Waals surface area contributed by atoms with Crippen LogP contribution in [0.4, 0.5) is 0 Å². The molecule has 0 saturated carbocycles. The number of alkyl halides is 1. The van der Waals surface area contributed by atoms with Gasteiger partial charge in [-0.2, -0.15) is 0 Å². The number of hydrogen-bond donors (Lipinski definition) is 0. The molecule has 0 aliphatic rings. The van der Waals surface area contributed by atoms with Gasteiger partial charge in [0.1, 0.15) is 11.2 Å². The van der Waals surface area contributed by atoms with Crippen molar-refractivity contribution < 1.29 is 8.83 Å². The molecule has 0 radical (unpaired) electrons. The summed E-state index contributed by atoms with van der Waals surface area (Å²) in [5.74, 6) is 0.336. The summed E-state index contributed by atoms with van der Waals surface area (Å²) in [7, 11) is 0. The summed E-state index contributed by atoms with van der Waals surface area (Å²) >= 11 is 14.8. The summed E-state index contributed by atoms with van der Waals surface area (Å²) in [6.45, 7) is 3.82. The normalized spacial score (nSPS) is 12.0. The summed E-state index contributed by atoms with van der Waals surface area (Å²) in [4.78, 5) is 30.1. The highest BCUT2D eigenvalue weighted by molar-refractivity contribution is 8.03. The van der Waals surface area contributed by atoms with Gasteiger partial charge in [-0.3, -0.25) is 0 Å². The Kier molecular flexibility index (Phi) is 9.02. The van der Waals surface area contributed by atoms with Crippen LogP contribution in [0.3, 0.4) is 0 Å². The molecule has 0 unspecified atom stereocenters. The van der Waals surface area contributed by atoms with E-state index in [2.05, 4.69) is 6.58 Å². The molecular weight excluding hydrogens is 583 g/mol. The number of rotatable bonds is 9. The van der Waals surface area contributed by atoms with Crippen LogP contribution in [0.2, 0.25) is 5.02 Å². The average molecular weight is 606 g/mol. The van der Waals surface area contributed by atoms with Gasteiger partial charge < -0.3 is 8.83 Å². The predicted molar refractivity (Wildman–Crippen MR) is 167 cm³/mol. The van der Waals surface area contributed by atoms with E-state index in [0.717, 1.165) is 20.6 Å². The second-order valence-electron chi connectivity index (χ2n) is 8.58. The highest BCUT2D eigenvalue weighted by Crippen LogP contribution is 2.39. The van der Waals surface area contributed by atoms with E-state index in [1.54, 1.807) is 30.3 Å². The molecule has 0 bridgehead atoms. The molecule has 2 heterocycles. The molecule has 8 heteroatoms. The zero-order chi connectivity index (χ0) is 28.1. The van der Waals surface area contributed by atoms with Gasteiger partial charge in [0.25, 0.3) is 0 Å². The van der Waals surface area contributed by atoms with E-state index >= 15 is 0 Å². The molecule has 4 nitrogen and oxygen atoms in total. The predicted octanol–water partition coefficient (Wildman–Crippen LogP) is 9.25. The van der Waals surface area contributed by atoms with Crippen LogP contribution in [0.5, 0.6) is 0 Å². The molecule has 3 aromatic carbocycles. The van der Waals surface area contributed by atoms with Crippen molar-refractivity contribution in [3.63, 3.8) is 0 Å². The Labute approximate surface area is 249 Å². The lowest BCUT2D eigenvalue weighted by molar-refractivity contribution is 0.536. The van der Waals surface area contributed by atoms with Crippen molar-refractivity contribution in [2.75, 3.05) is 5.88 Å². The fourth-order valence-corrected chi connectivity index (χ4v) is 6.58. The van der Waals surface area contributed by atoms with Crippen LogP contribution < -0.4 is 11.3 Å². The van der Waals surface area contributed by atoms with Gasteiger partial charge in [0.2, 0.25) is 0 Å². The Hall–Kier alpha value is -3.42. The zero-order valence-electron chi connectivity index (χ0n) is 21.1.